The first-order valence-corrected chi connectivity index (χ1v) is 7.06. The summed E-state index contributed by atoms with van der Waals surface area (Å²) in [6, 6.07) is 8.46. The topological polar surface area (TPSA) is 47.4 Å². The van der Waals surface area contributed by atoms with Gasteiger partial charge in [-0.05, 0) is 19.4 Å². The third-order valence-corrected chi connectivity index (χ3v) is 3.87. The summed E-state index contributed by atoms with van der Waals surface area (Å²) in [5.41, 5.74) is 3.78. The van der Waals surface area contributed by atoms with E-state index in [1.807, 2.05) is 11.6 Å². The minimum atomic E-state index is -0.315. The van der Waals surface area contributed by atoms with E-state index in [0.717, 1.165) is 31.1 Å². The van der Waals surface area contributed by atoms with Crippen LogP contribution in [0.25, 0.3) is 0 Å². The van der Waals surface area contributed by atoms with Crippen LogP contribution in [0, 0.1) is 13.8 Å². The lowest BCUT2D eigenvalue weighted by Crippen LogP contribution is -2.22. The molecule has 1 aromatic heterocycles. The van der Waals surface area contributed by atoms with Crippen LogP contribution in [-0.4, -0.2) is 29.4 Å². The van der Waals surface area contributed by atoms with Gasteiger partial charge in [0.15, 0.2) is 0 Å². The summed E-state index contributed by atoms with van der Waals surface area (Å²) in [6.07, 6.45) is 0. The van der Waals surface area contributed by atoms with Crippen molar-refractivity contribution >= 4 is 11.8 Å². The highest BCUT2D eigenvalue weighted by molar-refractivity contribution is 5.96. The lowest BCUT2D eigenvalue weighted by Gasteiger charge is -2.18. The van der Waals surface area contributed by atoms with Crippen LogP contribution in [0.4, 0.5) is 5.82 Å². The zero-order valence-electron chi connectivity index (χ0n) is 12.6. The van der Waals surface area contributed by atoms with E-state index in [1.54, 1.807) is 0 Å². The molecule has 21 heavy (non-hydrogen) atoms. The van der Waals surface area contributed by atoms with Crippen molar-refractivity contribution in [2.75, 3.05) is 18.6 Å². The molecule has 1 aliphatic rings. The first kappa shape index (κ1) is 13.7. The molecule has 0 aliphatic carbocycles. The predicted octanol–water partition coefficient (Wildman–Crippen LogP) is 2.31. The number of carbonyl (C=O) groups is 1. The number of rotatable bonds is 3. The zero-order valence-corrected chi connectivity index (χ0v) is 12.6. The molecule has 0 unspecified atom stereocenters. The molecular formula is C16H19N3O2. The van der Waals surface area contributed by atoms with Crippen molar-refractivity contribution in [3.05, 3.63) is 46.6 Å². The highest BCUT2D eigenvalue weighted by Crippen LogP contribution is 2.30. The van der Waals surface area contributed by atoms with E-state index in [0.29, 0.717) is 5.56 Å². The smallest absolute Gasteiger partial charge is 0.343 e. The number of esters is 1. The Balaban J connectivity index is 1.92. The normalized spacial score (nSPS) is 13.4. The lowest BCUT2D eigenvalue weighted by molar-refractivity contribution is 0.0600. The van der Waals surface area contributed by atoms with Crippen LogP contribution in [0.3, 0.4) is 0 Å². The van der Waals surface area contributed by atoms with E-state index in [4.69, 9.17) is 4.74 Å². The van der Waals surface area contributed by atoms with Gasteiger partial charge in [-0.25, -0.2) is 9.48 Å². The molecule has 0 fully saturated rings. The highest BCUT2D eigenvalue weighted by Gasteiger charge is 2.30. The summed E-state index contributed by atoms with van der Waals surface area (Å²) in [5.74, 6) is 0.560. The summed E-state index contributed by atoms with van der Waals surface area (Å²) < 4.78 is 6.79. The maximum Gasteiger partial charge on any atom is 0.343 e. The highest BCUT2D eigenvalue weighted by atomic mass is 16.5. The number of hydrogen-bond acceptors (Lipinski definition) is 4. The summed E-state index contributed by atoms with van der Waals surface area (Å²) in [6.45, 7) is 6.37. The number of methoxy groups -OCH3 is 1. The molecule has 0 radical (unpaired) electrons. The van der Waals surface area contributed by atoms with Crippen LogP contribution >= 0.6 is 0 Å². The van der Waals surface area contributed by atoms with E-state index >= 15 is 0 Å². The van der Waals surface area contributed by atoms with Crippen LogP contribution in [0.5, 0.6) is 0 Å². The van der Waals surface area contributed by atoms with Crippen molar-refractivity contribution < 1.29 is 9.53 Å². The molecule has 1 aliphatic heterocycles. The second-order valence-corrected chi connectivity index (χ2v) is 5.41. The Hall–Kier alpha value is -2.30. The van der Waals surface area contributed by atoms with Crippen molar-refractivity contribution in [2.45, 2.75) is 26.9 Å². The maximum atomic E-state index is 12.0. The Morgan fingerprint density at radius 3 is 2.62 bits per heavy atom. The molecule has 0 saturated carbocycles. The van der Waals surface area contributed by atoms with Crippen LogP contribution in [0.1, 0.15) is 27.2 Å². The molecule has 5 heteroatoms. The third-order valence-electron chi connectivity index (χ3n) is 3.87. The van der Waals surface area contributed by atoms with Crippen molar-refractivity contribution in [3.8, 4) is 0 Å². The van der Waals surface area contributed by atoms with Crippen LogP contribution in [-0.2, 0) is 17.8 Å². The first-order chi connectivity index (χ1) is 10.1. The van der Waals surface area contributed by atoms with E-state index < -0.39 is 0 Å². The standard InChI is InChI=1S/C16H19N3O2/c1-11-4-6-13(7-5-11)10-18-8-9-19-15(18)14(12(2)17-19)16(20)21-3/h4-7H,8-10H2,1-3H3. The summed E-state index contributed by atoms with van der Waals surface area (Å²) >= 11 is 0. The fourth-order valence-corrected chi connectivity index (χ4v) is 2.78. The first-order valence-electron chi connectivity index (χ1n) is 7.06. The van der Waals surface area contributed by atoms with Crippen molar-refractivity contribution in [1.82, 2.24) is 9.78 Å². The number of anilines is 1. The van der Waals surface area contributed by atoms with Gasteiger partial charge in [0.1, 0.15) is 11.4 Å². The second-order valence-electron chi connectivity index (χ2n) is 5.41. The molecule has 5 nitrogen and oxygen atoms in total. The van der Waals surface area contributed by atoms with Gasteiger partial charge in [0, 0.05) is 13.1 Å². The van der Waals surface area contributed by atoms with E-state index in [9.17, 15) is 4.79 Å². The minimum Gasteiger partial charge on any atom is -0.465 e. The number of hydrogen-bond donors (Lipinski definition) is 0. The van der Waals surface area contributed by atoms with Gasteiger partial charge < -0.3 is 9.64 Å². The molecule has 1 aromatic carbocycles. The molecule has 0 amide bonds. The van der Waals surface area contributed by atoms with Gasteiger partial charge in [-0.1, -0.05) is 29.8 Å². The zero-order chi connectivity index (χ0) is 15.0. The van der Waals surface area contributed by atoms with Crippen molar-refractivity contribution in [3.63, 3.8) is 0 Å². The molecule has 0 bridgehead atoms. The minimum absolute atomic E-state index is 0.315. The molecule has 2 aromatic rings. The summed E-state index contributed by atoms with van der Waals surface area (Å²) in [7, 11) is 1.41. The lowest BCUT2D eigenvalue weighted by atomic mass is 10.1. The van der Waals surface area contributed by atoms with E-state index in [2.05, 4.69) is 41.2 Å². The number of carbonyl (C=O) groups excluding carboxylic acids is 1. The van der Waals surface area contributed by atoms with Crippen LogP contribution in [0.2, 0.25) is 0 Å². The molecule has 2 heterocycles. The third kappa shape index (κ3) is 2.39. The Morgan fingerprint density at radius 2 is 1.95 bits per heavy atom. The Labute approximate surface area is 124 Å². The number of aryl methyl sites for hydroxylation is 2. The number of fused-ring (bicyclic) bond motifs is 1. The van der Waals surface area contributed by atoms with Crippen molar-refractivity contribution in [1.29, 1.82) is 0 Å². The van der Waals surface area contributed by atoms with Gasteiger partial charge in [-0.2, -0.15) is 5.10 Å². The summed E-state index contributed by atoms with van der Waals surface area (Å²) in [5, 5.41) is 4.44. The van der Waals surface area contributed by atoms with Gasteiger partial charge in [-0.3, -0.25) is 0 Å². The molecule has 110 valence electrons. The Morgan fingerprint density at radius 1 is 1.24 bits per heavy atom. The average molecular weight is 285 g/mol. The van der Waals surface area contributed by atoms with Crippen LogP contribution < -0.4 is 4.90 Å². The van der Waals surface area contributed by atoms with Gasteiger partial charge in [0.25, 0.3) is 0 Å². The van der Waals surface area contributed by atoms with Gasteiger partial charge >= 0.3 is 5.97 Å². The van der Waals surface area contributed by atoms with Crippen molar-refractivity contribution in [2.24, 2.45) is 0 Å². The average Bonchev–Trinajstić information content (AvgIpc) is 2.99. The SMILES string of the molecule is COC(=O)c1c(C)nn2c1N(Cc1ccc(C)cc1)CC2. The summed E-state index contributed by atoms with van der Waals surface area (Å²) in [4.78, 5) is 14.2. The largest absolute Gasteiger partial charge is 0.465 e. The number of ether oxygens (including phenoxy) is 1. The Bertz CT molecular complexity index is 674. The molecule has 0 spiro atoms. The maximum absolute atomic E-state index is 12.0. The quantitative estimate of drug-likeness (QED) is 0.812. The molecule has 3 rings (SSSR count). The number of aromatic nitrogens is 2. The molecule has 0 atom stereocenters. The van der Waals surface area contributed by atoms with Gasteiger partial charge in [0.2, 0.25) is 0 Å². The number of nitrogens with zero attached hydrogens (tertiary/aromatic N) is 3. The second kappa shape index (κ2) is 5.24. The molecule has 0 saturated heterocycles. The van der Waals surface area contributed by atoms with Gasteiger partial charge in [0.05, 0.1) is 19.3 Å². The van der Waals surface area contributed by atoms with E-state index in [1.165, 1.54) is 18.2 Å². The fourth-order valence-electron chi connectivity index (χ4n) is 2.78. The Kier molecular flexibility index (Phi) is 3.41. The van der Waals surface area contributed by atoms with Crippen LogP contribution in [0.15, 0.2) is 24.3 Å². The van der Waals surface area contributed by atoms with Gasteiger partial charge in [-0.15, -0.1) is 0 Å². The number of benzene rings is 1. The molecule has 0 N–H and O–H groups in total. The fraction of sp³-hybridized carbons (Fsp3) is 0.375. The van der Waals surface area contributed by atoms with E-state index in [-0.39, 0.29) is 5.97 Å². The molecular weight excluding hydrogens is 266 g/mol. The monoisotopic (exact) mass is 285 g/mol. The predicted molar refractivity (Wildman–Crippen MR) is 80.5 cm³/mol.